The first-order valence-electron chi connectivity index (χ1n) is 5.01. The summed E-state index contributed by atoms with van der Waals surface area (Å²) in [6, 6.07) is 0. The van der Waals surface area contributed by atoms with Crippen molar-refractivity contribution in [2.75, 3.05) is 0 Å². The van der Waals surface area contributed by atoms with Crippen LogP contribution in [0, 0.1) is 0 Å². The molecule has 1 saturated carbocycles. The first kappa shape index (κ1) is 10.9. The standard InChI is InChI=1S/C10H12ClF2NO/c11-5-8-9(15-6-14-8)7-3-1-2-4-10(7,12)13/h6-7H,1-5H2. The topological polar surface area (TPSA) is 26.0 Å². The number of alkyl halides is 3. The number of hydrogen-bond acceptors (Lipinski definition) is 2. The third-order valence-corrected chi connectivity index (χ3v) is 3.13. The van der Waals surface area contributed by atoms with E-state index >= 15 is 0 Å². The third kappa shape index (κ3) is 2.00. The van der Waals surface area contributed by atoms with Gasteiger partial charge in [0.25, 0.3) is 5.92 Å². The van der Waals surface area contributed by atoms with Gasteiger partial charge in [-0.25, -0.2) is 13.8 Å². The summed E-state index contributed by atoms with van der Waals surface area (Å²) >= 11 is 5.62. The summed E-state index contributed by atoms with van der Waals surface area (Å²) in [4.78, 5) is 3.84. The van der Waals surface area contributed by atoms with Gasteiger partial charge in [-0.1, -0.05) is 6.42 Å². The second-order valence-corrected chi connectivity index (χ2v) is 4.12. The van der Waals surface area contributed by atoms with E-state index in [9.17, 15) is 8.78 Å². The van der Waals surface area contributed by atoms with Crippen LogP contribution in [0.1, 0.15) is 43.1 Å². The molecular weight excluding hydrogens is 224 g/mol. The molecule has 0 bridgehead atoms. The lowest BCUT2D eigenvalue weighted by atomic mass is 9.83. The van der Waals surface area contributed by atoms with Crippen molar-refractivity contribution in [2.45, 2.75) is 43.4 Å². The molecule has 1 atom stereocenters. The zero-order chi connectivity index (χ0) is 10.9. The molecule has 1 unspecified atom stereocenters. The van der Waals surface area contributed by atoms with Crippen molar-refractivity contribution in [1.29, 1.82) is 0 Å². The van der Waals surface area contributed by atoms with Gasteiger partial charge in [-0.2, -0.15) is 0 Å². The summed E-state index contributed by atoms with van der Waals surface area (Å²) in [5.41, 5.74) is 0.447. The van der Waals surface area contributed by atoms with Crippen LogP contribution >= 0.6 is 11.6 Å². The van der Waals surface area contributed by atoms with Crippen molar-refractivity contribution in [3.63, 3.8) is 0 Å². The number of oxazole rings is 1. The molecule has 1 aromatic heterocycles. The number of aromatic nitrogens is 1. The fraction of sp³-hybridized carbons (Fsp3) is 0.700. The zero-order valence-electron chi connectivity index (χ0n) is 8.18. The predicted molar refractivity (Wildman–Crippen MR) is 52.2 cm³/mol. The van der Waals surface area contributed by atoms with Gasteiger partial charge < -0.3 is 4.42 Å². The Labute approximate surface area is 91.6 Å². The molecule has 5 heteroatoms. The summed E-state index contributed by atoms with van der Waals surface area (Å²) in [7, 11) is 0. The SMILES string of the molecule is FC1(F)CCCCC1c1ocnc1CCl. The highest BCUT2D eigenvalue weighted by molar-refractivity contribution is 6.16. The minimum absolute atomic E-state index is 0.0694. The van der Waals surface area contributed by atoms with E-state index in [0.29, 0.717) is 18.5 Å². The van der Waals surface area contributed by atoms with Crippen LogP contribution in [-0.2, 0) is 5.88 Å². The Kier molecular flexibility index (Phi) is 2.96. The van der Waals surface area contributed by atoms with Crippen molar-refractivity contribution in [2.24, 2.45) is 0 Å². The Balaban J connectivity index is 2.28. The van der Waals surface area contributed by atoms with Gasteiger partial charge in [0.05, 0.1) is 17.5 Å². The van der Waals surface area contributed by atoms with E-state index in [0.717, 1.165) is 6.42 Å². The molecule has 0 aliphatic heterocycles. The van der Waals surface area contributed by atoms with E-state index < -0.39 is 11.8 Å². The molecule has 0 amide bonds. The molecule has 84 valence electrons. The molecule has 1 fully saturated rings. The van der Waals surface area contributed by atoms with Crippen molar-refractivity contribution < 1.29 is 13.2 Å². The van der Waals surface area contributed by atoms with E-state index in [1.165, 1.54) is 6.39 Å². The molecule has 1 aromatic rings. The Morgan fingerprint density at radius 1 is 1.53 bits per heavy atom. The van der Waals surface area contributed by atoms with E-state index in [2.05, 4.69) is 4.98 Å². The average molecular weight is 236 g/mol. The second kappa shape index (κ2) is 4.08. The quantitative estimate of drug-likeness (QED) is 0.731. The van der Waals surface area contributed by atoms with E-state index in [1.54, 1.807) is 0 Å². The molecule has 2 rings (SSSR count). The Bertz CT molecular complexity index is 340. The lowest BCUT2D eigenvalue weighted by Gasteiger charge is -2.29. The number of halogens is 3. The first-order valence-corrected chi connectivity index (χ1v) is 5.54. The molecule has 1 heterocycles. The monoisotopic (exact) mass is 235 g/mol. The summed E-state index contributed by atoms with van der Waals surface area (Å²) in [6.45, 7) is 0. The van der Waals surface area contributed by atoms with Crippen LogP contribution in [0.25, 0.3) is 0 Å². The maximum Gasteiger partial charge on any atom is 0.258 e. The van der Waals surface area contributed by atoms with Crippen molar-refractivity contribution in [3.8, 4) is 0 Å². The molecule has 0 aromatic carbocycles. The zero-order valence-corrected chi connectivity index (χ0v) is 8.94. The van der Waals surface area contributed by atoms with Crippen LogP contribution in [0.4, 0.5) is 8.78 Å². The molecular formula is C10H12ClF2NO. The van der Waals surface area contributed by atoms with Gasteiger partial charge in [0.15, 0.2) is 6.39 Å². The van der Waals surface area contributed by atoms with E-state index in [1.807, 2.05) is 0 Å². The molecule has 0 saturated heterocycles. The summed E-state index contributed by atoms with van der Waals surface area (Å²) in [5, 5.41) is 0. The summed E-state index contributed by atoms with van der Waals surface area (Å²) in [5.74, 6) is -3.13. The first-order chi connectivity index (χ1) is 7.15. The lowest BCUT2D eigenvalue weighted by Crippen LogP contribution is -2.30. The van der Waals surface area contributed by atoms with Gasteiger partial charge in [-0.15, -0.1) is 11.6 Å². The highest BCUT2D eigenvalue weighted by Gasteiger charge is 2.45. The van der Waals surface area contributed by atoms with Gasteiger partial charge in [-0.05, 0) is 12.8 Å². The van der Waals surface area contributed by atoms with Gasteiger partial charge in [0.1, 0.15) is 5.76 Å². The molecule has 0 N–H and O–H groups in total. The molecule has 1 aliphatic carbocycles. The molecule has 15 heavy (non-hydrogen) atoms. The summed E-state index contributed by atoms with van der Waals surface area (Å²) in [6.07, 6.45) is 2.96. The Morgan fingerprint density at radius 3 is 3.00 bits per heavy atom. The van der Waals surface area contributed by atoms with Gasteiger partial charge in [0, 0.05) is 6.42 Å². The summed E-state index contributed by atoms with van der Waals surface area (Å²) < 4.78 is 32.3. The minimum atomic E-state index is -2.68. The maximum absolute atomic E-state index is 13.6. The highest BCUT2D eigenvalue weighted by Crippen LogP contribution is 2.45. The molecule has 0 spiro atoms. The smallest absolute Gasteiger partial charge is 0.258 e. The number of nitrogens with zero attached hydrogens (tertiary/aromatic N) is 1. The molecule has 1 aliphatic rings. The average Bonchev–Trinajstić information content (AvgIpc) is 2.64. The number of rotatable bonds is 2. The van der Waals surface area contributed by atoms with Crippen molar-refractivity contribution in [3.05, 3.63) is 17.8 Å². The van der Waals surface area contributed by atoms with Gasteiger partial charge >= 0.3 is 0 Å². The van der Waals surface area contributed by atoms with Crippen LogP contribution in [0.2, 0.25) is 0 Å². The van der Waals surface area contributed by atoms with Crippen LogP contribution in [0.5, 0.6) is 0 Å². The normalized spacial score (nSPS) is 25.4. The van der Waals surface area contributed by atoms with E-state index in [-0.39, 0.29) is 18.1 Å². The van der Waals surface area contributed by atoms with Crippen LogP contribution in [0.3, 0.4) is 0 Å². The fourth-order valence-corrected chi connectivity index (χ4v) is 2.28. The van der Waals surface area contributed by atoms with E-state index in [4.69, 9.17) is 16.0 Å². The second-order valence-electron chi connectivity index (χ2n) is 3.86. The van der Waals surface area contributed by atoms with Crippen molar-refractivity contribution >= 4 is 11.6 Å². The third-order valence-electron chi connectivity index (χ3n) is 2.88. The van der Waals surface area contributed by atoms with Gasteiger partial charge in [0.2, 0.25) is 0 Å². The van der Waals surface area contributed by atoms with Crippen LogP contribution in [-0.4, -0.2) is 10.9 Å². The highest BCUT2D eigenvalue weighted by atomic mass is 35.5. The molecule has 2 nitrogen and oxygen atoms in total. The largest absolute Gasteiger partial charge is 0.448 e. The van der Waals surface area contributed by atoms with Crippen LogP contribution < -0.4 is 0 Å². The lowest BCUT2D eigenvalue weighted by molar-refractivity contribution is -0.0605. The molecule has 0 radical (unpaired) electrons. The minimum Gasteiger partial charge on any atom is -0.448 e. The van der Waals surface area contributed by atoms with Crippen molar-refractivity contribution in [1.82, 2.24) is 4.98 Å². The maximum atomic E-state index is 13.6. The predicted octanol–water partition coefficient (Wildman–Crippen LogP) is 3.71. The number of hydrogen-bond donors (Lipinski definition) is 0. The van der Waals surface area contributed by atoms with Crippen LogP contribution in [0.15, 0.2) is 10.8 Å². The Morgan fingerprint density at radius 2 is 2.33 bits per heavy atom. The Hall–Kier alpha value is -0.640. The van der Waals surface area contributed by atoms with Gasteiger partial charge in [-0.3, -0.25) is 0 Å². The fourth-order valence-electron chi connectivity index (χ4n) is 2.08.